The van der Waals surface area contributed by atoms with Gasteiger partial charge in [0.25, 0.3) is 0 Å². The molecule has 7 heteroatoms. The third kappa shape index (κ3) is 5.04. The number of carbonyl (C=O) groups excluding carboxylic acids is 1. The molecule has 138 valence electrons. The van der Waals surface area contributed by atoms with Gasteiger partial charge in [-0.25, -0.2) is 0 Å². The highest BCUT2D eigenvalue weighted by Gasteiger charge is 2.32. The van der Waals surface area contributed by atoms with E-state index in [1.165, 1.54) is 5.56 Å². The van der Waals surface area contributed by atoms with Crippen LogP contribution >= 0.6 is 11.8 Å². The van der Waals surface area contributed by atoms with Crippen molar-refractivity contribution in [3.8, 4) is 11.1 Å². The Balaban J connectivity index is 1.69. The number of aliphatic carboxylic acids is 1. The number of benzene rings is 2. The number of rotatable bonds is 6. The zero-order chi connectivity index (χ0) is 19.2. The van der Waals surface area contributed by atoms with E-state index in [1.54, 1.807) is 6.21 Å². The number of carboxylic acids is 1. The summed E-state index contributed by atoms with van der Waals surface area (Å²) in [5, 5.41) is 19.0. The Morgan fingerprint density at radius 2 is 2.00 bits per heavy atom. The molecule has 1 amide bonds. The Kier molecular flexibility index (Phi) is 6.03. The van der Waals surface area contributed by atoms with E-state index in [2.05, 4.69) is 46.7 Å². The fourth-order valence-corrected chi connectivity index (χ4v) is 3.54. The summed E-state index contributed by atoms with van der Waals surface area (Å²) < 4.78 is 0. The highest BCUT2D eigenvalue weighted by atomic mass is 32.2. The second-order valence-corrected chi connectivity index (χ2v) is 7.21. The quantitative estimate of drug-likeness (QED) is 0.593. The molecule has 0 aliphatic carbocycles. The number of nitrogens with one attached hydrogen (secondary N) is 1. The van der Waals surface area contributed by atoms with Gasteiger partial charge in [0.05, 0.1) is 12.6 Å². The van der Waals surface area contributed by atoms with E-state index >= 15 is 0 Å². The molecule has 1 saturated heterocycles. The van der Waals surface area contributed by atoms with E-state index in [4.69, 9.17) is 5.11 Å². The van der Waals surface area contributed by atoms with Crippen molar-refractivity contribution < 1.29 is 14.7 Å². The van der Waals surface area contributed by atoms with Gasteiger partial charge in [-0.15, -0.1) is 5.10 Å². The minimum absolute atomic E-state index is 0.238. The Morgan fingerprint density at radius 1 is 1.22 bits per heavy atom. The molecule has 1 unspecified atom stereocenters. The highest BCUT2D eigenvalue weighted by molar-refractivity contribution is 8.15. The highest BCUT2D eigenvalue weighted by Crippen LogP contribution is 2.23. The topological polar surface area (TPSA) is 91.1 Å². The van der Waals surface area contributed by atoms with E-state index in [0.717, 1.165) is 34.9 Å². The van der Waals surface area contributed by atoms with Gasteiger partial charge in [-0.3, -0.25) is 9.59 Å². The number of thioether (sulfide) groups is 1. The van der Waals surface area contributed by atoms with Crippen LogP contribution in [-0.2, 0) is 16.0 Å². The second-order valence-electron chi connectivity index (χ2n) is 6.02. The van der Waals surface area contributed by atoms with Crippen molar-refractivity contribution in [1.82, 2.24) is 5.32 Å². The zero-order valence-electron chi connectivity index (χ0n) is 14.8. The van der Waals surface area contributed by atoms with Crippen molar-refractivity contribution >= 4 is 35.0 Å². The van der Waals surface area contributed by atoms with Crippen molar-refractivity contribution in [2.45, 2.75) is 25.0 Å². The van der Waals surface area contributed by atoms with Crippen LogP contribution in [0.2, 0.25) is 0 Å². The zero-order valence-corrected chi connectivity index (χ0v) is 15.6. The molecule has 2 aromatic carbocycles. The number of aryl methyl sites for hydroxylation is 1. The Bertz CT molecular complexity index is 907. The first-order valence-electron chi connectivity index (χ1n) is 8.55. The van der Waals surface area contributed by atoms with E-state index in [9.17, 15) is 9.59 Å². The minimum atomic E-state index is -1.02. The lowest BCUT2D eigenvalue weighted by Crippen LogP contribution is -2.26. The molecule has 27 heavy (non-hydrogen) atoms. The Hall–Kier alpha value is -2.93. The number of hydrogen-bond acceptors (Lipinski definition) is 5. The monoisotopic (exact) mass is 381 g/mol. The first-order valence-corrected chi connectivity index (χ1v) is 9.43. The van der Waals surface area contributed by atoms with Crippen LogP contribution < -0.4 is 5.32 Å². The minimum Gasteiger partial charge on any atom is -0.481 e. The van der Waals surface area contributed by atoms with Crippen LogP contribution in [0.25, 0.3) is 11.1 Å². The number of amides is 1. The first-order chi connectivity index (χ1) is 13.0. The van der Waals surface area contributed by atoms with Gasteiger partial charge in [0.15, 0.2) is 5.17 Å². The largest absolute Gasteiger partial charge is 0.481 e. The van der Waals surface area contributed by atoms with E-state index in [-0.39, 0.29) is 12.3 Å². The lowest BCUT2D eigenvalue weighted by atomic mass is 10.0. The number of carboxylic acid groups (broad SMARTS) is 1. The van der Waals surface area contributed by atoms with Crippen LogP contribution in [-0.4, -0.2) is 33.6 Å². The van der Waals surface area contributed by atoms with Gasteiger partial charge in [0.1, 0.15) is 5.25 Å². The molecule has 2 N–H and O–H groups in total. The van der Waals surface area contributed by atoms with E-state index < -0.39 is 11.2 Å². The molecule has 1 aliphatic rings. The number of nitrogens with zero attached hydrogens (tertiary/aromatic N) is 2. The second kappa shape index (κ2) is 8.64. The van der Waals surface area contributed by atoms with Crippen LogP contribution in [0.3, 0.4) is 0 Å². The van der Waals surface area contributed by atoms with Gasteiger partial charge >= 0.3 is 5.97 Å². The van der Waals surface area contributed by atoms with Gasteiger partial charge in [-0.1, -0.05) is 61.2 Å². The summed E-state index contributed by atoms with van der Waals surface area (Å²) in [7, 11) is 0. The van der Waals surface area contributed by atoms with Crippen LogP contribution in [0, 0.1) is 0 Å². The fraction of sp³-hybridized carbons (Fsp3) is 0.200. The van der Waals surface area contributed by atoms with Crippen LogP contribution in [0.4, 0.5) is 0 Å². The van der Waals surface area contributed by atoms with E-state index in [0.29, 0.717) is 5.17 Å². The summed E-state index contributed by atoms with van der Waals surface area (Å²) in [6, 6.07) is 16.4. The summed E-state index contributed by atoms with van der Waals surface area (Å²) in [5.41, 5.74) is 4.39. The van der Waals surface area contributed by atoms with Crippen LogP contribution in [0.15, 0.2) is 58.7 Å². The molecular formula is C20H19N3O3S. The summed E-state index contributed by atoms with van der Waals surface area (Å²) in [4.78, 5) is 22.4. The van der Waals surface area contributed by atoms with Crippen molar-refractivity contribution in [3.63, 3.8) is 0 Å². The molecule has 0 bridgehead atoms. The molecule has 2 aromatic rings. The van der Waals surface area contributed by atoms with Gasteiger partial charge in [0.2, 0.25) is 5.91 Å². The number of carbonyl (C=O) groups is 2. The lowest BCUT2D eigenvalue weighted by molar-refractivity contribution is -0.138. The van der Waals surface area contributed by atoms with Crippen molar-refractivity contribution in [2.75, 3.05) is 0 Å². The molecule has 0 spiro atoms. The van der Waals surface area contributed by atoms with Gasteiger partial charge < -0.3 is 10.4 Å². The molecule has 6 nitrogen and oxygen atoms in total. The average molecular weight is 381 g/mol. The molecule has 0 radical (unpaired) electrons. The Morgan fingerprint density at radius 3 is 2.70 bits per heavy atom. The van der Waals surface area contributed by atoms with Crippen LogP contribution in [0.5, 0.6) is 0 Å². The van der Waals surface area contributed by atoms with E-state index in [1.807, 2.05) is 24.3 Å². The summed E-state index contributed by atoms with van der Waals surface area (Å²) in [6.45, 7) is 2.13. The van der Waals surface area contributed by atoms with Crippen molar-refractivity contribution in [1.29, 1.82) is 0 Å². The van der Waals surface area contributed by atoms with Gasteiger partial charge in [-0.05, 0) is 34.7 Å². The van der Waals surface area contributed by atoms with Gasteiger partial charge in [-0.2, -0.15) is 5.10 Å². The maximum atomic E-state index is 11.7. The smallest absolute Gasteiger partial charge is 0.305 e. The predicted octanol–water partition coefficient (Wildman–Crippen LogP) is 3.31. The first kappa shape index (κ1) is 18.8. The lowest BCUT2D eigenvalue weighted by Gasteiger charge is -2.04. The molecule has 3 rings (SSSR count). The third-order valence-electron chi connectivity index (χ3n) is 4.07. The van der Waals surface area contributed by atoms with Gasteiger partial charge in [0, 0.05) is 0 Å². The molecule has 1 heterocycles. The average Bonchev–Trinajstić information content (AvgIpc) is 3.01. The maximum Gasteiger partial charge on any atom is 0.305 e. The molecule has 1 aliphatic heterocycles. The summed E-state index contributed by atoms with van der Waals surface area (Å²) in [5.74, 6) is -1.37. The molecule has 1 fully saturated rings. The predicted molar refractivity (Wildman–Crippen MR) is 108 cm³/mol. The normalized spacial score (nSPS) is 18.2. The standard InChI is InChI=1S/C20H19N3O3S/c1-2-13-6-8-15(9-7-13)16-5-3-4-14(10-16)12-21-23-20-22-19(26)17(27-20)11-18(24)25/h3-10,12,17H,2,11H2,1H3,(H,24,25)(H,22,23,26). The maximum absolute atomic E-state index is 11.7. The van der Waals surface area contributed by atoms with Crippen molar-refractivity contribution in [3.05, 3.63) is 59.7 Å². The Labute approximate surface area is 161 Å². The summed E-state index contributed by atoms with van der Waals surface area (Å²) in [6.07, 6.45) is 2.38. The fourth-order valence-electron chi connectivity index (χ4n) is 2.62. The number of amidine groups is 1. The molecular weight excluding hydrogens is 362 g/mol. The third-order valence-corrected chi connectivity index (χ3v) is 5.15. The number of hydrogen-bond donors (Lipinski definition) is 2. The molecule has 0 saturated carbocycles. The molecule has 1 atom stereocenters. The molecule has 0 aromatic heterocycles. The summed E-state index contributed by atoms with van der Waals surface area (Å²) >= 11 is 1.08. The van der Waals surface area contributed by atoms with Crippen LogP contribution in [0.1, 0.15) is 24.5 Å². The SMILES string of the molecule is CCc1ccc(-c2cccc(C=NN=C3NC(=O)C(CC(=O)O)S3)c2)cc1. The van der Waals surface area contributed by atoms with Crippen molar-refractivity contribution in [2.24, 2.45) is 10.2 Å².